The van der Waals surface area contributed by atoms with Gasteiger partial charge in [0.15, 0.2) is 10.4 Å². The van der Waals surface area contributed by atoms with Gasteiger partial charge in [0.1, 0.15) is 11.8 Å². The van der Waals surface area contributed by atoms with Gasteiger partial charge in [-0.15, -0.1) is 0 Å². The van der Waals surface area contributed by atoms with Gasteiger partial charge in [-0.25, -0.2) is 4.79 Å². The molecule has 116 valence electrons. The summed E-state index contributed by atoms with van der Waals surface area (Å²) in [5.74, 6) is -0.860. The third-order valence-electron chi connectivity index (χ3n) is 2.96. The molecule has 1 atom stereocenters. The maximum atomic E-state index is 12.1. The summed E-state index contributed by atoms with van der Waals surface area (Å²) in [5.41, 5.74) is 0.772. The first-order chi connectivity index (χ1) is 10.5. The molecule has 0 fully saturated rings. The minimum Gasteiger partial charge on any atom is -0.508 e. The van der Waals surface area contributed by atoms with Gasteiger partial charge in [0.05, 0.1) is 7.11 Å². The quantitative estimate of drug-likeness (QED) is 0.791. The Labute approximate surface area is 135 Å². The van der Waals surface area contributed by atoms with E-state index < -0.39 is 17.9 Å². The van der Waals surface area contributed by atoms with Crippen LogP contribution in [-0.2, 0) is 16.0 Å². The van der Waals surface area contributed by atoms with Gasteiger partial charge in [-0.3, -0.25) is 4.79 Å². The smallest absolute Gasteiger partial charge is 0.328 e. The van der Waals surface area contributed by atoms with Crippen molar-refractivity contribution in [3.8, 4) is 5.75 Å². The molecule has 1 aromatic carbocycles. The molecule has 2 N–H and O–H groups in total. The van der Waals surface area contributed by atoms with Crippen LogP contribution in [0, 0.1) is 0 Å². The summed E-state index contributed by atoms with van der Waals surface area (Å²) in [5, 5.41) is 11.8. The van der Waals surface area contributed by atoms with Crippen LogP contribution in [0.3, 0.4) is 0 Å². The summed E-state index contributed by atoms with van der Waals surface area (Å²) >= 11 is 3.11. The zero-order valence-electron chi connectivity index (χ0n) is 11.7. The molecular weight excluding hydrogens is 354 g/mol. The average Bonchev–Trinajstić information content (AvgIpc) is 2.94. The summed E-state index contributed by atoms with van der Waals surface area (Å²) in [6.07, 6.45) is 0.237. The van der Waals surface area contributed by atoms with E-state index >= 15 is 0 Å². The number of esters is 1. The van der Waals surface area contributed by atoms with E-state index in [-0.39, 0.29) is 17.9 Å². The zero-order chi connectivity index (χ0) is 16.1. The van der Waals surface area contributed by atoms with Gasteiger partial charge in [-0.1, -0.05) is 12.1 Å². The molecule has 6 nitrogen and oxygen atoms in total. The molecule has 0 saturated heterocycles. The monoisotopic (exact) mass is 367 g/mol. The van der Waals surface area contributed by atoms with Gasteiger partial charge in [0.2, 0.25) is 0 Å². The number of nitrogens with one attached hydrogen (secondary N) is 1. The lowest BCUT2D eigenvalue weighted by atomic mass is 10.1. The summed E-state index contributed by atoms with van der Waals surface area (Å²) in [7, 11) is 1.25. The predicted octanol–water partition coefficient (Wildman–Crippen LogP) is 2.26. The first-order valence-electron chi connectivity index (χ1n) is 6.41. The third kappa shape index (κ3) is 4.11. The molecule has 0 aliphatic carbocycles. The Morgan fingerprint density at radius 2 is 1.95 bits per heavy atom. The molecule has 0 bridgehead atoms. The van der Waals surface area contributed by atoms with Crippen molar-refractivity contribution in [3.63, 3.8) is 0 Å². The number of hydrogen-bond donors (Lipinski definition) is 2. The van der Waals surface area contributed by atoms with Gasteiger partial charge in [-0.05, 0) is 45.8 Å². The summed E-state index contributed by atoms with van der Waals surface area (Å²) < 4.78 is 10.3. The van der Waals surface area contributed by atoms with Gasteiger partial charge in [0.25, 0.3) is 5.91 Å². The lowest BCUT2D eigenvalue weighted by Gasteiger charge is -2.16. The molecule has 1 amide bonds. The molecule has 1 heterocycles. The molecule has 0 saturated carbocycles. The lowest BCUT2D eigenvalue weighted by Crippen LogP contribution is -2.42. The Morgan fingerprint density at radius 1 is 1.27 bits per heavy atom. The highest BCUT2D eigenvalue weighted by Gasteiger charge is 2.24. The normalized spacial score (nSPS) is 11.7. The summed E-state index contributed by atoms with van der Waals surface area (Å²) in [6, 6.07) is 8.58. The van der Waals surface area contributed by atoms with Crippen molar-refractivity contribution >= 4 is 27.8 Å². The number of hydrogen-bond acceptors (Lipinski definition) is 5. The van der Waals surface area contributed by atoms with Crippen molar-refractivity contribution in [2.24, 2.45) is 0 Å². The topological polar surface area (TPSA) is 88.8 Å². The first kappa shape index (κ1) is 16.1. The number of ether oxygens (including phenoxy) is 1. The second-order valence-corrected chi connectivity index (χ2v) is 5.31. The molecule has 2 aromatic rings. The van der Waals surface area contributed by atoms with Gasteiger partial charge < -0.3 is 19.6 Å². The van der Waals surface area contributed by atoms with E-state index in [4.69, 9.17) is 9.15 Å². The minimum absolute atomic E-state index is 0.0893. The molecule has 0 spiro atoms. The highest BCUT2D eigenvalue weighted by Crippen LogP contribution is 2.15. The fraction of sp³-hybridized carbons (Fsp3) is 0.200. The molecule has 22 heavy (non-hydrogen) atoms. The predicted molar refractivity (Wildman–Crippen MR) is 81.5 cm³/mol. The number of rotatable bonds is 5. The van der Waals surface area contributed by atoms with E-state index in [1.54, 1.807) is 18.2 Å². The van der Waals surface area contributed by atoms with Crippen molar-refractivity contribution < 1.29 is 23.8 Å². The highest BCUT2D eigenvalue weighted by molar-refractivity contribution is 9.10. The molecule has 1 aromatic heterocycles. The van der Waals surface area contributed by atoms with Crippen LogP contribution in [0.25, 0.3) is 0 Å². The van der Waals surface area contributed by atoms with Crippen LogP contribution in [0.5, 0.6) is 5.75 Å². The van der Waals surface area contributed by atoms with Crippen LogP contribution < -0.4 is 5.32 Å². The number of phenols is 1. The Morgan fingerprint density at radius 3 is 2.50 bits per heavy atom. The Kier molecular flexibility index (Phi) is 5.21. The van der Waals surface area contributed by atoms with Crippen molar-refractivity contribution in [1.82, 2.24) is 5.32 Å². The highest BCUT2D eigenvalue weighted by atomic mass is 79.9. The standard InChI is InChI=1S/C15H14BrNO5/c1-21-15(20)11(8-9-2-4-10(18)5-3-9)17-14(19)12-6-7-13(16)22-12/h2-7,11,18H,8H2,1H3,(H,17,19). The number of halogens is 1. The van der Waals surface area contributed by atoms with Gasteiger partial charge in [-0.2, -0.15) is 0 Å². The Bertz CT molecular complexity index is 665. The fourth-order valence-corrected chi connectivity index (χ4v) is 2.18. The van der Waals surface area contributed by atoms with Crippen LogP contribution in [0.2, 0.25) is 0 Å². The number of carbonyl (C=O) groups is 2. The molecule has 0 aliphatic rings. The minimum atomic E-state index is -0.856. The Balaban J connectivity index is 2.10. The van der Waals surface area contributed by atoms with E-state index in [9.17, 15) is 14.7 Å². The van der Waals surface area contributed by atoms with E-state index in [1.807, 2.05) is 0 Å². The van der Waals surface area contributed by atoms with Crippen molar-refractivity contribution in [2.45, 2.75) is 12.5 Å². The van der Waals surface area contributed by atoms with Crippen molar-refractivity contribution in [2.75, 3.05) is 7.11 Å². The van der Waals surface area contributed by atoms with E-state index in [1.165, 1.54) is 25.3 Å². The molecule has 2 rings (SSSR count). The maximum Gasteiger partial charge on any atom is 0.328 e. The van der Waals surface area contributed by atoms with Crippen molar-refractivity contribution in [3.05, 3.63) is 52.4 Å². The van der Waals surface area contributed by atoms with Crippen LogP contribution in [0.1, 0.15) is 16.1 Å². The van der Waals surface area contributed by atoms with Gasteiger partial charge in [0, 0.05) is 6.42 Å². The second-order valence-electron chi connectivity index (χ2n) is 4.52. The number of amides is 1. The number of carbonyl (C=O) groups excluding carboxylic acids is 2. The third-order valence-corrected chi connectivity index (χ3v) is 3.39. The molecule has 0 aliphatic heterocycles. The number of aromatic hydroxyl groups is 1. The van der Waals surface area contributed by atoms with Crippen LogP contribution in [0.4, 0.5) is 0 Å². The lowest BCUT2D eigenvalue weighted by molar-refractivity contribution is -0.142. The van der Waals surface area contributed by atoms with Gasteiger partial charge >= 0.3 is 5.97 Å². The second kappa shape index (κ2) is 7.13. The van der Waals surface area contributed by atoms with E-state index in [0.29, 0.717) is 4.67 Å². The maximum absolute atomic E-state index is 12.1. The molecule has 0 radical (unpaired) electrons. The average molecular weight is 368 g/mol. The SMILES string of the molecule is COC(=O)C(Cc1ccc(O)cc1)NC(=O)c1ccc(Br)o1. The van der Waals surface area contributed by atoms with E-state index in [2.05, 4.69) is 21.2 Å². The number of benzene rings is 1. The molecule has 1 unspecified atom stereocenters. The summed E-state index contributed by atoms with van der Waals surface area (Å²) in [4.78, 5) is 23.9. The van der Waals surface area contributed by atoms with Crippen molar-refractivity contribution in [1.29, 1.82) is 0 Å². The van der Waals surface area contributed by atoms with E-state index in [0.717, 1.165) is 5.56 Å². The number of phenolic OH excluding ortho intramolecular Hbond substituents is 1. The molecular formula is C15H14BrNO5. The Hall–Kier alpha value is -2.28. The zero-order valence-corrected chi connectivity index (χ0v) is 13.3. The number of furan rings is 1. The van der Waals surface area contributed by atoms with Crippen LogP contribution in [-0.4, -0.2) is 30.1 Å². The molecule has 7 heteroatoms. The first-order valence-corrected chi connectivity index (χ1v) is 7.21. The largest absolute Gasteiger partial charge is 0.508 e. The fourth-order valence-electron chi connectivity index (χ4n) is 1.87. The van der Waals surface area contributed by atoms with Crippen LogP contribution >= 0.6 is 15.9 Å². The summed E-state index contributed by atoms with van der Waals surface area (Å²) in [6.45, 7) is 0. The van der Waals surface area contributed by atoms with Crippen LogP contribution in [0.15, 0.2) is 45.5 Å². The number of methoxy groups -OCH3 is 1.